The lowest BCUT2D eigenvalue weighted by Crippen LogP contribution is -2.04. The summed E-state index contributed by atoms with van der Waals surface area (Å²) in [6, 6.07) is 9.81. The fourth-order valence-electron chi connectivity index (χ4n) is 1.07. The molecule has 0 aliphatic carbocycles. The van der Waals surface area contributed by atoms with Crippen molar-refractivity contribution >= 4 is 45.8 Å². The molecule has 0 aromatic heterocycles. The Bertz CT molecular complexity index is 342. The van der Waals surface area contributed by atoms with Crippen molar-refractivity contribution in [1.29, 1.82) is 0 Å². The maximum absolute atomic E-state index is 5.90. The van der Waals surface area contributed by atoms with Gasteiger partial charge in [0.05, 0.1) is 0 Å². The predicted octanol–water partition coefficient (Wildman–Crippen LogP) is 3.33. The lowest BCUT2D eigenvalue weighted by atomic mass is 10.3. The molecule has 0 saturated heterocycles. The van der Waals surface area contributed by atoms with Crippen LogP contribution in [0, 0.1) is 0 Å². The van der Waals surface area contributed by atoms with Gasteiger partial charge in [-0.05, 0) is 12.1 Å². The van der Waals surface area contributed by atoms with Gasteiger partial charge in [0.25, 0.3) is 0 Å². The van der Waals surface area contributed by atoms with Gasteiger partial charge in [0.2, 0.25) is 0 Å². The normalized spacial score (nSPS) is 26.0. The summed E-state index contributed by atoms with van der Waals surface area (Å²) in [6.45, 7) is 0. The average Bonchev–Trinajstić information content (AvgIpc) is 2.47. The first-order valence-corrected chi connectivity index (χ1v) is 5.85. The molecule has 2 atom stereocenters. The SMILES string of the molecule is Cl[C@@H]1N=C(Nc2ccccc2)S[C@@H]1Cl. The van der Waals surface area contributed by atoms with Gasteiger partial charge >= 0.3 is 0 Å². The molecule has 0 unspecified atom stereocenters. The number of thioether (sulfide) groups is 1. The van der Waals surface area contributed by atoms with E-state index in [2.05, 4.69) is 10.3 Å². The first-order valence-electron chi connectivity index (χ1n) is 4.10. The van der Waals surface area contributed by atoms with Gasteiger partial charge in [-0.3, -0.25) is 0 Å². The van der Waals surface area contributed by atoms with E-state index in [0.717, 1.165) is 10.9 Å². The molecule has 1 N–H and O–H groups in total. The van der Waals surface area contributed by atoms with E-state index in [1.807, 2.05) is 30.3 Å². The van der Waals surface area contributed by atoms with E-state index in [-0.39, 0.29) is 10.2 Å². The quantitative estimate of drug-likeness (QED) is 0.608. The maximum Gasteiger partial charge on any atom is 0.164 e. The molecule has 1 aliphatic rings. The minimum Gasteiger partial charge on any atom is -0.335 e. The number of aliphatic imine (C=N–C) groups is 1. The van der Waals surface area contributed by atoms with Crippen LogP contribution >= 0.6 is 35.0 Å². The Hall–Kier alpha value is -0.380. The van der Waals surface area contributed by atoms with Gasteiger partial charge in [0, 0.05) is 5.69 Å². The Labute approximate surface area is 96.7 Å². The van der Waals surface area contributed by atoms with Crippen molar-refractivity contribution in [3.63, 3.8) is 0 Å². The summed E-state index contributed by atoms with van der Waals surface area (Å²) < 4.78 is -0.178. The van der Waals surface area contributed by atoms with E-state index < -0.39 is 0 Å². The molecule has 5 heteroatoms. The average molecular weight is 247 g/mol. The third kappa shape index (κ3) is 2.35. The van der Waals surface area contributed by atoms with Gasteiger partial charge in [0.1, 0.15) is 4.71 Å². The highest BCUT2D eigenvalue weighted by atomic mass is 35.5. The summed E-state index contributed by atoms with van der Waals surface area (Å²) in [6.07, 6.45) is 0. The second kappa shape index (κ2) is 4.43. The van der Waals surface area contributed by atoms with Crippen LogP contribution in [0.1, 0.15) is 0 Å². The number of rotatable bonds is 1. The molecule has 0 saturated carbocycles. The van der Waals surface area contributed by atoms with Gasteiger partial charge in [0.15, 0.2) is 10.7 Å². The second-order valence-corrected chi connectivity index (χ2v) is 5.07. The molecule has 0 fully saturated rings. The number of alkyl halides is 2. The van der Waals surface area contributed by atoms with Crippen molar-refractivity contribution in [1.82, 2.24) is 0 Å². The van der Waals surface area contributed by atoms with E-state index in [0.29, 0.717) is 0 Å². The Balaban J connectivity index is 2.03. The van der Waals surface area contributed by atoms with Crippen LogP contribution in [0.15, 0.2) is 35.3 Å². The lowest BCUT2D eigenvalue weighted by Gasteiger charge is -2.03. The molecule has 1 aromatic rings. The van der Waals surface area contributed by atoms with E-state index in [1.54, 1.807) is 0 Å². The van der Waals surface area contributed by atoms with Crippen LogP contribution in [0.5, 0.6) is 0 Å². The summed E-state index contributed by atoms with van der Waals surface area (Å²) in [5, 5.41) is 3.92. The summed E-state index contributed by atoms with van der Waals surface area (Å²) in [7, 11) is 0. The number of nitrogens with one attached hydrogen (secondary N) is 1. The van der Waals surface area contributed by atoms with Crippen LogP contribution in [0.3, 0.4) is 0 Å². The number of hydrogen-bond acceptors (Lipinski definition) is 3. The first-order chi connectivity index (χ1) is 6.75. The number of benzene rings is 1. The molecule has 0 spiro atoms. The third-order valence-electron chi connectivity index (χ3n) is 1.71. The van der Waals surface area contributed by atoms with Crippen molar-refractivity contribution in [3.8, 4) is 0 Å². The number of hydrogen-bond donors (Lipinski definition) is 1. The molecule has 0 radical (unpaired) electrons. The zero-order chi connectivity index (χ0) is 9.97. The van der Waals surface area contributed by atoms with Gasteiger partial charge in [-0.25, -0.2) is 4.99 Å². The molecule has 1 aromatic carbocycles. The monoisotopic (exact) mass is 246 g/mol. The van der Waals surface area contributed by atoms with Crippen molar-refractivity contribution in [2.75, 3.05) is 5.32 Å². The molecule has 0 amide bonds. The molecule has 74 valence electrons. The Morgan fingerprint density at radius 1 is 1.21 bits per heavy atom. The topological polar surface area (TPSA) is 24.4 Å². The van der Waals surface area contributed by atoms with Crippen LogP contribution in [-0.2, 0) is 0 Å². The van der Waals surface area contributed by atoms with Crippen LogP contribution in [0.25, 0.3) is 0 Å². The zero-order valence-corrected chi connectivity index (χ0v) is 9.48. The largest absolute Gasteiger partial charge is 0.335 e. The van der Waals surface area contributed by atoms with Crippen molar-refractivity contribution in [3.05, 3.63) is 30.3 Å². The minimum absolute atomic E-state index is 0.178. The summed E-state index contributed by atoms with van der Waals surface area (Å²) in [5.74, 6) is 0. The summed E-state index contributed by atoms with van der Waals surface area (Å²) in [4.78, 5) is 4.17. The van der Waals surface area contributed by atoms with E-state index in [4.69, 9.17) is 23.2 Å². The molecular weight excluding hydrogens is 239 g/mol. The number of amidine groups is 1. The second-order valence-electron chi connectivity index (χ2n) is 2.77. The van der Waals surface area contributed by atoms with Gasteiger partial charge in [-0.2, -0.15) is 0 Å². The number of anilines is 1. The molecule has 14 heavy (non-hydrogen) atoms. The van der Waals surface area contributed by atoms with Crippen molar-refractivity contribution in [2.24, 2.45) is 4.99 Å². The van der Waals surface area contributed by atoms with Crippen molar-refractivity contribution in [2.45, 2.75) is 10.2 Å². The zero-order valence-electron chi connectivity index (χ0n) is 7.15. The fraction of sp³-hybridized carbons (Fsp3) is 0.222. The third-order valence-corrected chi connectivity index (χ3v) is 3.75. The lowest BCUT2D eigenvalue weighted by molar-refractivity contribution is 1.02. The van der Waals surface area contributed by atoms with Crippen LogP contribution in [0.2, 0.25) is 0 Å². The molecule has 1 aliphatic heterocycles. The Kier molecular flexibility index (Phi) is 3.21. The minimum atomic E-state index is -0.340. The molecule has 1 heterocycles. The highest BCUT2D eigenvalue weighted by Crippen LogP contribution is 2.32. The van der Waals surface area contributed by atoms with Gasteiger partial charge in [-0.1, -0.05) is 41.6 Å². The Morgan fingerprint density at radius 3 is 2.50 bits per heavy atom. The number of nitrogens with zero attached hydrogens (tertiary/aromatic N) is 1. The summed E-state index contributed by atoms with van der Waals surface area (Å²) in [5.41, 5.74) is 0.654. The Morgan fingerprint density at radius 2 is 1.93 bits per heavy atom. The number of para-hydroxylation sites is 1. The number of halogens is 2. The van der Waals surface area contributed by atoms with E-state index in [1.165, 1.54) is 11.8 Å². The van der Waals surface area contributed by atoms with Gasteiger partial charge < -0.3 is 5.32 Å². The molecule has 0 bridgehead atoms. The fourth-order valence-corrected chi connectivity index (χ4v) is 2.43. The predicted molar refractivity (Wildman–Crippen MR) is 64.4 cm³/mol. The van der Waals surface area contributed by atoms with Crippen molar-refractivity contribution < 1.29 is 0 Å². The van der Waals surface area contributed by atoms with E-state index in [9.17, 15) is 0 Å². The van der Waals surface area contributed by atoms with Crippen LogP contribution < -0.4 is 5.32 Å². The van der Waals surface area contributed by atoms with Crippen LogP contribution in [0.4, 0.5) is 5.69 Å². The summed E-state index contributed by atoms with van der Waals surface area (Å²) >= 11 is 13.2. The highest BCUT2D eigenvalue weighted by molar-refractivity contribution is 8.16. The standard InChI is InChI=1S/C9H8Cl2N2S/c10-7-8(11)14-9(13-7)12-6-4-2-1-3-5-6/h1-5,7-8H,(H,12,13)/t7-,8+/m1/s1. The highest BCUT2D eigenvalue weighted by Gasteiger charge is 2.26. The smallest absolute Gasteiger partial charge is 0.164 e. The molecular formula is C9H8Cl2N2S. The first kappa shape index (κ1) is 10.1. The van der Waals surface area contributed by atoms with Crippen LogP contribution in [-0.4, -0.2) is 15.4 Å². The maximum atomic E-state index is 5.90. The van der Waals surface area contributed by atoms with Gasteiger partial charge in [-0.15, -0.1) is 11.6 Å². The molecule has 2 nitrogen and oxygen atoms in total. The van der Waals surface area contributed by atoms with E-state index >= 15 is 0 Å². The molecule has 2 rings (SSSR count).